The smallest absolute Gasteiger partial charge is 0.145 e. The molecule has 0 saturated carbocycles. The monoisotopic (exact) mass is 204 g/mol. The lowest BCUT2D eigenvalue weighted by Gasteiger charge is -2.11. The normalized spacial score (nSPS) is 27.1. The van der Waals surface area contributed by atoms with Gasteiger partial charge in [-0.2, -0.15) is 0 Å². The van der Waals surface area contributed by atoms with E-state index in [1.807, 2.05) is 0 Å². The van der Waals surface area contributed by atoms with E-state index < -0.39 is 10.8 Å². The van der Waals surface area contributed by atoms with E-state index in [1.165, 1.54) is 6.92 Å². The predicted octanol–water partition coefficient (Wildman–Crippen LogP) is 0.892. The van der Waals surface area contributed by atoms with Crippen molar-refractivity contribution in [3.8, 4) is 0 Å². The first kappa shape index (κ1) is 10.9. The van der Waals surface area contributed by atoms with Crippen LogP contribution in [0.25, 0.3) is 0 Å². The average Bonchev–Trinajstić information content (AvgIpc) is 2.55. The standard InChI is InChI=1S/C9H16O3S/c1-7(10)8(2)13(11)6-9-4-3-5-12-9/h8-9H,3-6H2,1-2H3. The molecule has 13 heavy (non-hydrogen) atoms. The minimum atomic E-state index is -1.06. The maximum atomic E-state index is 11.6. The number of hydrogen-bond acceptors (Lipinski definition) is 3. The summed E-state index contributed by atoms with van der Waals surface area (Å²) in [5, 5.41) is -0.343. The molecule has 76 valence electrons. The van der Waals surface area contributed by atoms with Crippen LogP contribution in [0.3, 0.4) is 0 Å². The molecular weight excluding hydrogens is 188 g/mol. The van der Waals surface area contributed by atoms with Crippen LogP contribution in [0.2, 0.25) is 0 Å². The number of ketones is 1. The van der Waals surface area contributed by atoms with Crippen molar-refractivity contribution in [3.05, 3.63) is 0 Å². The largest absolute Gasteiger partial charge is 0.377 e. The molecule has 3 nitrogen and oxygen atoms in total. The molecule has 1 rings (SSSR count). The molecule has 1 aliphatic rings. The number of hydrogen-bond donors (Lipinski definition) is 0. The van der Waals surface area contributed by atoms with Gasteiger partial charge in [-0.3, -0.25) is 9.00 Å². The van der Waals surface area contributed by atoms with Crippen LogP contribution in [0.15, 0.2) is 0 Å². The van der Waals surface area contributed by atoms with Gasteiger partial charge < -0.3 is 4.74 Å². The van der Waals surface area contributed by atoms with Gasteiger partial charge >= 0.3 is 0 Å². The van der Waals surface area contributed by atoms with Gasteiger partial charge in [0.2, 0.25) is 0 Å². The second kappa shape index (κ2) is 4.86. The fourth-order valence-electron chi connectivity index (χ4n) is 1.29. The van der Waals surface area contributed by atoms with Crippen molar-refractivity contribution >= 4 is 16.6 Å². The quantitative estimate of drug-likeness (QED) is 0.683. The number of carbonyl (C=O) groups excluding carboxylic acids is 1. The molecule has 0 aromatic heterocycles. The second-order valence-corrected chi connectivity index (χ2v) is 5.24. The molecule has 1 fully saturated rings. The van der Waals surface area contributed by atoms with E-state index in [0.717, 1.165) is 19.4 Å². The Morgan fingerprint density at radius 1 is 1.69 bits per heavy atom. The summed E-state index contributed by atoms with van der Waals surface area (Å²) in [6, 6.07) is 0. The van der Waals surface area contributed by atoms with Crippen LogP contribution in [0.5, 0.6) is 0 Å². The summed E-state index contributed by atoms with van der Waals surface area (Å²) in [7, 11) is -1.06. The maximum absolute atomic E-state index is 11.6. The molecule has 0 amide bonds. The van der Waals surface area contributed by atoms with Crippen LogP contribution in [0.4, 0.5) is 0 Å². The molecule has 3 unspecified atom stereocenters. The summed E-state index contributed by atoms with van der Waals surface area (Å²) in [5.41, 5.74) is 0. The highest BCUT2D eigenvalue weighted by atomic mass is 32.2. The topological polar surface area (TPSA) is 43.4 Å². The summed E-state index contributed by atoms with van der Waals surface area (Å²) < 4.78 is 16.9. The Balaban J connectivity index is 2.35. The first-order valence-electron chi connectivity index (χ1n) is 4.60. The van der Waals surface area contributed by atoms with Gasteiger partial charge in [0.1, 0.15) is 5.78 Å². The number of Topliss-reactive ketones (excluding diaryl/α,β-unsaturated/α-hetero) is 1. The van der Waals surface area contributed by atoms with Gasteiger partial charge in [-0.25, -0.2) is 0 Å². The zero-order valence-corrected chi connectivity index (χ0v) is 8.93. The molecule has 0 aromatic carbocycles. The van der Waals surface area contributed by atoms with Gasteiger partial charge in [0.25, 0.3) is 0 Å². The fraction of sp³-hybridized carbons (Fsp3) is 0.889. The number of ether oxygens (including phenoxy) is 1. The van der Waals surface area contributed by atoms with Crippen molar-refractivity contribution in [3.63, 3.8) is 0 Å². The molecule has 0 aromatic rings. The van der Waals surface area contributed by atoms with Crippen LogP contribution < -0.4 is 0 Å². The van der Waals surface area contributed by atoms with Crippen molar-refractivity contribution in [1.82, 2.24) is 0 Å². The molecule has 0 bridgehead atoms. The van der Waals surface area contributed by atoms with Gasteiger partial charge in [-0.05, 0) is 26.7 Å². The van der Waals surface area contributed by atoms with Gasteiger partial charge in [-0.15, -0.1) is 0 Å². The van der Waals surface area contributed by atoms with Crippen molar-refractivity contribution in [2.24, 2.45) is 0 Å². The summed E-state index contributed by atoms with van der Waals surface area (Å²) in [6.07, 6.45) is 2.15. The lowest BCUT2D eigenvalue weighted by atomic mass is 10.3. The third-order valence-electron chi connectivity index (χ3n) is 2.34. The number of rotatable bonds is 4. The average molecular weight is 204 g/mol. The molecular formula is C9H16O3S. The van der Waals surface area contributed by atoms with E-state index in [-0.39, 0.29) is 17.1 Å². The van der Waals surface area contributed by atoms with E-state index in [4.69, 9.17) is 4.74 Å². The highest BCUT2D eigenvalue weighted by molar-refractivity contribution is 7.86. The first-order valence-corrected chi connectivity index (χ1v) is 5.98. The fourth-order valence-corrected chi connectivity index (χ4v) is 2.58. The van der Waals surface area contributed by atoms with Gasteiger partial charge in [0.05, 0.1) is 17.1 Å². The Kier molecular flexibility index (Phi) is 4.06. The lowest BCUT2D eigenvalue weighted by Crippen LogP contribution is -2.27. The van der Waals surface area contributed by atoms with Crippen LogP contribution in [0, 0.1) is 0 Å². The third-order valence-corrected chi connectivity index (χ3v) is 4.16. The van der Waals surface area contributed by atoms with Crippen molar-refractivity contribution in [2.45, 2.75) is 38.0 Å². The summed E-state index contributed by atoms with van der Waals surface area (Å²) in [6.45, 7) is 3.97. The summed E-state index contributed by atoms with van der Waals surface area (Å²) >= 11 is 0. The number of carbonyl (C=O) groups is 1. The Hall–Kier alpha value is -0.220. The minimum Gasteiger partial charge on any atom is -0.377 e. The highest BCUT2D eigenvalue weighted by Crippen LogP contribution is 2.14. The van der Waals surface area contributed by atoms with Gasteiger partial charge in [0, 0.05) is 17.4 Å². The Morgan fingerprint density at radius 3 is 2.85 bits per heavy atom. The van der Waals surface area contributed by atoms with E-state index in [9.17, 15) is 9.00 Å². The van der Waals surface area contributed by atoms with Gasteiger partial charge in [0.15, 0.2) is 0 Å². The Labute approximate surface area is 81.3 Å². The van der Waals surface area contributed by atoms with Crippen molar-refractivity contribution in [2.75, 3.05) is 12.4 Å². The highest BCUT2D eigenvalue weighted by Gasteiger charge is 2.23. The van der Waals surface area contributed by atoms with Crippen LogP contribution in [-0.4, -0.2) is 33.7 Å². The molecule has 1 saturated heterocycles. The van der Waals surface area contributed by atoms with Crippen molar-refractivity contribution < 1.29 is 13.7 Å². The lowest BCUT2D eigenvalue weighted by molar-refractivity contribution is -0.116. The van der Waals surface area contributed by atoms with E-state index in [0.29, 0.717) is 5.75 Å². The zero-order valence-electron chi connectivity index (χ0n) is 8.12. The second-order valence-electron chi connectivity index (χ2n) is 3.44. The molecule has 0 N–H and O–H groups in total. The maximum Gasteiger partial charge on any atom is 0.145 e. The molecule has 4 heteroatoms. The van der Waals surface area contributed by atoms with E-state index >= 15 is 0 Å². The Morgan fingerprint density at radius 2 is 2.38 bits per heavy atom. The molecule has 0 spiro atoms. The summed E-state index contributed by atoms with van der Waals surface area (Å²) in [5.74, 6) is 0.511. The van der Waals surface area contributed by atoms with E-state index in [2.05, 4.69) is 0 Å². The van der Waals surface area contributed by atoms with Gasteiger partial charge in [-0.1, -0.05) is 0 Å². The molecule has 0 radical (unpaired) electrons. The molecule has 1 aliphatic heterocycles. The first-order chi connectivity index (χ1) is 6.11. The zero-order chi connectivity index (χ0) is 9.84. The van der Waals surface area contributed by atoms with Crippen molar-refractivity contribution in [1.29, 1.82) is 0 Å². The van der Waals surface area contributed by atoms with Crippen LogP contribution in [-0.2, 0) is 20.3 Å². The SMILES string of the molecule is CC(=O)C(C)S(=O)CC1CCCO1. The third kappa shape index (κ3) is 3.19. The molecule has 3 atom stereocenters. The molecule has 0 aliphatic carbocycles. The van der Waals surface area contributed by atoms with Crippen LogP contribution in [0.1, 0.15) is 26.7 Å². The molecule has 1 heterocycles. The van der Waals surface area contributed by atoms with Crippen LogP contribution >= 0.6 is 0 Å². The minimum absolute atomic E-state index is 0.00340. The summed E-state index contributed by atoms with van der Waals surface area (Å²) in [4.78, 5) is 10.9. The Bertz CT molecular complexity index is 209. The predicted molar refractivity (Wildman–Crippen MR) is 52.1 cm³/mol. The van der Waals surface area contributed by atoms with E-state index in [1.54, 1.807) is 6.92 Å².